The molecule has 4 aromatic carbocycles. The molecule has 1 unspecified atom stereocenters. The number of carbonyl (C=O) groups excluding carboxylic acids is 2. The summed E-state index contributed by atoms with van der Waals surface area (Å²) in [6.45, 7) is 5.11. The Hall–Kier alpha value is -6.02. The lowest BCUT2D eigenvalue weighted by Gasteiger charge is -2.47. The second-order valence-corrected chi connectivity index (χ2v) is 15.3. The van der Waals surface area contributed by atoms with Crippen LogP contribution in [0.5, 0.6) is 11.5 Å². The number of nitrogens with one attached hydrogen (secondary N) is 3. The molecule has 0 spiro atoms. The summed E-state index contributed by atoms with van der Waals surface area (Å²) in [6, 6.07) is 26.7. The minimum Gasteiger partial charge on any atom is -0.506 e. The maximum absolute atomic E-state index is 13.1. The summed E-state index contributed by atoms with van der Waals surface area (Å²) in [4.78, 5) is 56.4. The number of aromatic nitrogens is 1. The number of carbonyl (C=O) groups is 3. The number of H-pyrrole nitrogens is 1. The molecule has 0 saturated carbocycles. The van der Waals surface area contributed by atoms with Crippen molar-refractivity contribution in [1.29, 1.82) is 0 Å². The van der Waals surface area contributed by atoms with E-state index in [1.807, 2.05) is 24.3 Å². The number of ether oxygens (including phenoxy) is 1. The molecule has 58 heavy (non-hydrogen) atoms. The number of amides is 2. The normalized spacial score (nSPS) is 18.3. The molecular weight excluding hydrogens is 739 g/mol. The number of hydrogen-bond donors (Lipinski definition) is 6. The van der Waals surface area contributed by atoms with Gasteiger partial charge in [-0.1, -0.05) is 48.5 Å². The standard InChI is InChI=1S/C38H36N4O8.C7H13N/c1-50-32-17-23(7-8-26(32)19-39-20-31(44)28-13-15-30(43)34-29(28)14-16-33(45)41-34)18-40-35(46)24-9-11-25(12-10-24)36(47)42-21-38(22-42,37(48)49)27-5-3-2-4-6-27;1-4-8-5-2-7(1)3-6-8/h2-17,31,39,43-44H,18-22H2,1H3,(H,40,46)(H,41,45)(H,48,49);7H,1-6H2. The van der Waals surface area contributed by atoms with Crippen molar-refractivity contribution in [3.63, 3.8) is 0 Å². The van der Waals surface area contributed by atoms with E-state index in [0.717, 1.165) is 17.0 Å². The maximum atomic E-state index is 13.1. The van der Waals surface area contributed by atoms with Gasteiger partial charge in [0.2, 0.25) is 5.56 Å². The molecule has 0 aliphatic carbocycles. The molecule has 13 heteroatoms. The predicted octanol–water partition coefficient (Wildman–Crippen LogP) is 4.58. The van der Waals surface area contributed by atoms with Gasteiger partial charge in [0.05, 0.1) is 18.7 Å². The maximum Gasteiger partial charge on any atom is 0.317 e. The first-order valence-corrected chi connectivity index (χ1v) is 19.6. The molecule has 2 amide bonds. The Kier molecular flexibility index (Phi) is 12.2. The molecule has 1 aromatic heterocycles. The number of piperidine rings is 3. The molecule has 4 fully saturated rings. The van der Waals surface area contributed by atoms with Crippen LogP contribution in [0.25, 0.3) is 10.9 Å². The molecule has 4 saturated heterocycles. The molecule has 5 heterocycles. The number of aliphatic carboxylic acids is 1. The number of likely N-dealkylation sites (tertiary alicyclic amines) is 1. The summed E-state index contributed by atoms with van der Waals surface area (Å²) in [5.41, 5.74) is 2.36. The van der Waals surface area contributed by atoms with E-state index in [0.29, 0.717) is 39.9 Å². The van der Waals surface area contributed by atoms with E-state index in [1.54, 1.807) is 67.8 Å². The minimum absolute atomic E-state index is 0.0644. The third-order valence-corrected chi connectivity index (χ3v) is 11.6. The van der Waals surface area contributed by atoms with Gasteiger partial charge in [-0.15, -0.1) is 0 Å². The van der Waals surface area contributed by atoms with Gasteiger partial charge in [-0.25, -0.2) is 0 Å². The Morgan fingerprint density at radius 3 is 2.19 bits per heavy atom. The summed E-state index contributed by atoms with van der Waals surface area (Å²) in [5, 5.41) is 37.5. The quantitative estimate of drug-likeness (QED) is 0.105. The van der Waals surface area contributed by atoms with Crippen LogP contribution in [-0.4, -0.2) is 94.3 Å². The van der Waals surface area contributed by atoms with Crippen molar-refractivity contribution in [2.75, 3.05) is 46.4 Å². The van der Waals surface area contributed by atoms with Crippen molar-refractivity contribution in [1.82, 2.24) is 25.4 Å². The molecule has 302 valence electrons. The highest BCUT2D eigenvalue weighted by Crippen LogP contribution is 2.36. The van der Waals surface area contributed by atoms with Crippen LogP contribution in [0.3, 0.4) is 0 Å². The number of carboxylic acids is 1. The van der Waals surface area contributed by atoms with Gasteiger partial charge in [-0.2, -0.15) is 0 Å². The molecule has 5 aromatic rings. The summed E-state index contributed by atoms with van der Waals surface area (Å²) in [5.74, 6) is 0.0319. The third kappa shape index (κ3) is 8.76. The Labute approximate surface area is 336 Å². The van der Waals surface area contributed by atoms with Crippen molar-refractivity contribution >= 4 is 28.7 Å². The molecule has 1 atom stereocenters. The Morgan fingerprint density at radius 2 is 1.57 bits per heavy atom. The van der Waals surface area contributed by atoms with E-state index >= 15 is 0 Å². The van der Waals surface area contributed by atoms with Gasteiger partial charge >= 0.3 is 5.97 Å². The first-order valence-electron chi connectivity index (χ1n) is 19.6. The molecule has 0 radical (unpaired) electrons. The SMILES string of the molecule is C1CN2CCC1CC2.COc1cc(CNC(=O)c2ccc(C(=O)N3CC(C(=O)O)(c4ccccc4)C3)cc2)ccc1CNCC(O)c1ccc(O)c2[nH]c(=O)ccc12. The Morgan fingerprint density at radius 1 is 0.879 bits per heavy atom. The number of aliphatic hydroxyl groups is 1. The van der Waals surface area contributed by atoms with Gasteiger partial charge in [0, 0.05) is 60.9 Å². The zero-order chi connectivity index (χ0) is 40.8. The number of aromatic amines is 1. The van der Waals surface area contributed by atoms with Crippen LogP contribution in [0.1, 0.15) is 68.3 Å². The Balaban J connectivity index is 0.000000564. The van der Waals surface area contributed by atoms with Crippen molar-refractivity contribution in [2.45, 2.75) is 43.9 Å². The molecule has 13 nitrogen and oxygen atoms in total. The van der Waals surface area contributed by atoms with Gasteiger partial charge in [0.15, 0.2) is 0 Å². The van der Waals surface area contributed by atoms with Crippen LogP contribution in [0.2, 0.25) is 0 Å². The predicted molar refractivity (Wildman–Crippen MR) is 219 cm³/mol. The molecule has 4 aliphatic heterocycles. The fourth-order valence-electron chi connectivity index (χ4n) is 8.09. The average molecular weight is 788 g/mol. The second-order valence-electron chi connectivity index (χ2n) is 15.3. The van der Waals surface area contributed by atoms with Crippen molar-refractivity contribution in [2.24, 2.45) is 5.92 Å². The summed E-state index contributed by atoms with van der Waals surface area (Å²) in [6.07, 6.45) is 3.54. The van der Waals surface area contributed by atoms with E-state index in [9.17, 15) is 34.5 Å². The number of benzene rings is 4. The minimum atomic E-state index is -1.13. The van der Waals surface area contributed by atoms with Crippen molar-refractivity contribution in [3.8, 4) is 11.5 Å². The summed E-state index contributed by atoms with van der Waals surface area (Å²) < 4.78 is 5.58. The molecule has 4 aliphatic rings. The van der Waals surface area contributed by atoms with E-state index in [-0.39, 0.29) is 54.8 Å². The largest absolute Gasteiger partial charge is 0.506 e. The zero-order valence-electron chi connectivity index (χ0n) is 32.4. The van der Waals surface area contributed by atoms with Gasteiger partial charge < -0.3 is 45.5 Å². The third-order valence-electron chi connectivity index (χ3n) is 11.6. The van der Waals surface area contributed by atoms with Crippen molar-refractivity contribution < 1.29 is 34.4 Å². The number of rotatable bonds is 12. The van der Waals surface area contributed by atoms with E-state index in [4.69, 9.17) is 4.74 Å². The van der Waals surface area contributed by atoms with Gasteiger partial charge in [-0.3, -0.25) is 19.2 Å². The lowest BCUT2D eigenvalue weighted by atomic mass is 9.73. The molecule has 6 N–H and O–H groups in total. The van der Waals surface area contributed by atoms with Gasteiger partial charge in [0.1, 0.15) is 16.9 Å². The fourth-order valence-corrected chi connectivity index (χ4v) is 8.09. The lowest BCUT2D eigenvalue weighted by Crippen LogP contribution is -2.65. The van der Waals surface area contributed by atoms with E-state index in [2.05, 4.69) is 20.5 Å². The number of nitrogens with zero attached hydrogens (tertiary/aromatic N) is 2. The van der Waals surface area contributed by atoms with Gasteiger partial charge in [-0.05, 0) is 104 Å². The van der Waals surface area contributed by atoms with Crippen LogP contribution in [0.4, 0.5) is 0 Å². The smallest absolute Gasteiger partial charge is 0.317 e. The number of aliphatic hydroxyl groups excluding tert-OH is 1. The first kappa shape index (κ1) is 40.2. The number of pyridine rings is 1. The lowest BCUT2D eigenvalue weighted by molar-refractivity contribution is -0.149. The van der Waals surface area contributed by atoms with E-state index < -0.39 is 17.5 Å². The summed E-state index contributed by atoms with van der Waals surface area (Å²) in [7, 11) is 1.55. The van der Waals surface area contributed by atoms with E-state index in [1.165, 1.54) is 55.9 Å². The molecule has 2 bridgehead atoms. The van der Waals surface area contributed by atoms with Crippen LogP contribution >= 0.6 is 0 Å². The summed E-state index contributed by atoms with van der Waals surface area (Å²) >= 11 is 0. The highest BCUT2D eigenvalue weighted by molar-refractivity contribution is 5.99. The first-order chi connectivity index (χ1) is 28.0. The highest BCUT2D eigenvalue weighted by atomic mass is 16.5. The van der Waals surface area contributed by atoms with Gasteiger partial charge in [0.25, 0.3) is 11.8 Å². The topological polar surface area (TPSA) is 185 Å². The number of methoxy groups -OCH3 is 1. The number of aromatic hydroxyl groups is 1. The van der Waals surface area contributed by atoms with Crippen LogP contribution in [0.15, 0.2) is 102 Å². The van der Waals surface area contributed by atoms with Crippen molar-refractivity contribution in [3.05, 3.63) is 141 Å². The number of fused-ring (bicyclic) bond motifs is 4. The van der Waals surface area contributed by atoms with Crippen LogP contribution < -0.4 is 20.9 Å². The highest BCUT2D eigenvalue weighted by Gasteiger charge is 2.52. The number of hydrogen-bond acceptors (Lipinski definition) is 9. The van der Waals surface area contributed by atoms with Crippen LogP contribution in [-0.2, 0) is 23.3 Å². The number of phenols is 1. The number of carboxylic acid groups (broad SMARTS) is 1. The average Bonchev–Trinajstić information content (AvgIpc) is 3.24. The zero-order valence-corrected chi connectivity index (χ0v) is 32.4. The fraction of sp³-hybridized carbons (Fsp3) is 0.333. The monoisotopic (exact) mass is 787 g/mol. The molecular formula is C45H49N5O8. The Bertz CT molecular complexity index is 2290. The second kappa shape index (κ2) is 17.6. The number of phenolic OH excluding ortho intramolecular Hbond substituents is 1. The molecule has 9 rings (SSSR count). The van der Waals surface area contributed by atoms with Crippen LogP contribution in [0, 0.1) is 5.92 Å².